The summed E-state index contributed by atoms with van der Waals surface area (Å²) in [4.78, 5) is 32.8. The number of hydrogen-bond acceptors (Lipinski definition) is 8. The maximum atomic E-state index is 11.5. The van der Waals surface area contributed by atoms with Crippen LogP contribution in [0, 0.1) is 0 Å². The van der Waals surface area contributed by atoms with Gasteiger partial charge in [0.1, 0.15) is 0 Å². The van der Waals surface area contributed by atoms with Crippen LogP contribution in [0.5, 0.6) is 0 Å². The lowest BCUT2D eigenvalue weighted by atomic mass is 10.1. The van der Waals surface area contributed by atoms with Crippen LogP contribution in [-0.2, 0) is 9.59 Å². The Morgan fingerprint density at radius 3 is 2.73 bits per heavy atom. The largest absolute Gasteiger partial charge is 0.550 e. The minimum atomic E-state index is -1.34. The van der Waals surface area contributed by atoms with E-state index in [9.17, 15) is 24.6 Å². The van der Waals surface area contributed by atoms with Crippen molar-refractivity contribution < 1.29 is 24.6 Å². The normalized spacial score (nSPS) is 19.5. The van der Waals surface area contributed by atoms with E-state index in [1.165, 1.54) is 18.3 Å². The molecule has 1 heterocycles. The second-order valence-electron chi connectivity index (χ2n) is 4.20. The van der Waals surface area contributed by atoms with Gasteiger partial charge < -0.3 is 25.1 Å². The molecule has 1 atom stereocenters. The van der Waals surface area contributed by atoms with Crippen molar-refractivity contribution in [1.82, 2.24) is 5.32 Å². The van der Waals surface area contributed by atoms with Crippen molar-refractivity contribution in [3.63, 3.8) is 0 Å². The van der Waals surface area contributed by atoms with E-state index in [0.29, 0.717) is 5.56 Å². The summed E-state index contributed by atoms with van der Waals surface area (Å²) in [5.74, 6) is -3.16. The molecule has 1 fully saturated rings. The molecule has 22 heavy (non-hydrogen) atoms. The summed E-state index contributed by atoms with van der Waals surface area (Å²) in [7, 11) is 0. The molecule has 1 aliphatic heterocycles. The predicted octanol–water partition coefficient (Wildman–Crippen LogP) is -1.89. The lowest BCUT2D eigenvalue weighted by Gasteiger charge is -2.04. The molecular weight excluding hydrogens is 310 g/mol. The maximum Gasteiger partial charge on any atom is 0.239 e. The summed E-state index contributed by atoms with van der Waals surface area (Å²) in [6.45, 7) is 0. The van der Waals surface area contributed by atoms with Gasteiger partial charge in [-0.25, -0.2) is 0 Å². The summed E-state index contributed by atoms with van der Waals surface area (Å²) in [6.07, 6.45) is 0.781. The molecular formula is C13H9N3O5S-2. The number of benzene rings is 1. The number of carboxylic acid groups (broad SMARTS) is 2. The number of carbonyl (C=O) groups excluding carboxylic acids is 3. The molecule has 0 bridgehead atoms. The number of rotatable bonds is 5. The molecule has 1 aliphatic rings. The Balaban J connectivity index is 2.08. The second-order valence-corrected chi connectivity index (χ2v) is 5.39. The third-order valence-electron chi connectivity index (χ3n) is 2.65. The molecule has 0 saturated carbocycles. The highest BCUT2D eigenvalue weighted by atomic mass is 32.2. The van der Waals surface area contributed by atoms with Gasteiger partial charge in [-0.15, -0.1) is 5.10 Å². The summed E-state index contributed by atoms with van der Waals surface area (Å²) in [5.41, 5.74) is 0.261. The van der Waals surface area contributed by atoms with Crippen LogP contribution in [0.1, 0.15) is 22.3 Å². The number of carboxylic acids is 2. The lowest BCUT2D eigenvalue weighted by Crippen LogP contribution is -2.31. The molecule has 1 unspecified atom stereocenters. The number of thioether (sulfide) groups is 1. The molecule has 9 heteroatoms. The van der Waals surface area contributed by atoms with Crippen molar-refractivity contribution in [2.75, 3.05) is 0 Å². The van der Waals surface area contributed by atoms with Gasteiger partial charge in [0.05, 0.1) is 17.4 Å². The third kappa shape index (κ3) is 3.92. The number of hydrogen-bond donors (Lipinski definition) is 1. The van der Waals surface area contributed by atoms with Crippen LogP contribution in [0.3, 0.4) is 0 Å². The molecule has 1 aromatic rings. The first-order chi connectivity index (χ1) is 10.5. The van der Waals surface area contributed by atoms with Crippen LogP contribution in [0.2, 0.25) is 0 Å². The number of nitrogens with one attached hydrogen (secondary N) is 1. The van der Waals surface area contributed by atoms with E-state index < -0.39 is 29.5 Å². The van der Waals surface area contributed by atoms with E-state index in [0.717, 1.165) is 11.8 Å². The number of nitrogens with zero attached hydrogens (tertiary/aromatic N) is 2. The molecule has 1 saturated heterocycles. The number of aliphatic carboxylic acids is 1. The first kappa shape index (κ1) is 15.7. The zero-order valence-electron chi connectivity index (χ0n) is 11.0. The minimum absolute atomic E-state index is 0.0376. The highest BCUT2D eigenvalue weighted by Gasteiger charge is 2.30. The van der Waals surface area contributed by atoms with Gasteiger partial charge in [-0.2, -0.15) is 5.10 Å². The van der Waals surface area contributed by atoms with Crippen LogP contribution in [0.4, 0.5) is 0 Å². The Morgan fingerprint density at radius 2 is 2.05 bits per heavy atom. The van der Waals surface area contributed by atoms with E-state index in [-0.39, 0.29) is 10.7 Å². The van der Waals surface area contributed by atoms with Gasteiger partial charge in [0.15, 0.2) is 5.17 Å². The fourth-order valence-corrected chi connectivity index (χ4v) is 2.59. The topological polar surface area (TPSA) is 134 Å². The van der Waals surface area contributed by atoms with Gasteiger partial charge in [-0.3, -0.25) is 4.79 Å². The first-order valence-corrected chi connectivity index (χ1v) is 6.94. The van der Waals surface area contributed by atoms with E-state index in [4.69, 9.17) is 0 Å². The molecule has 1 amide bonds. The Morgan fingerprint density at radius 1 is 1.32 bits per heavy atom. The standard InChI is InChI=1S/C13H11N3O5S/c17-10(18)5-9-11(19)15-13(22-9)16-14-6-7-3-1-2-4-8(7)12(20)21/h1-4,6,9H,5H2,(H,17,18)(H,20,21)(H,15,16,19)/p-2/b14-6+. The Hall–Kier alpha value is -2.68. The van der Waals surface area contributed by atoms with Gasteiger partial charge in [-0.1, -0.05) is 36.0 Å². The van der Waals surface area contributed by atoms with Gasteiger partial charge in [0.25, 0.3) is 0 Å². The first-order valence-electron chi connectivity index (χ1n) is 6.06. The minimum Gasteiger partial charge on any atom is -0.550 e. The second kappa shape index (κ2) is 6.85. The van der Waals surface area contributed by atoms with Crippen LogP contribution >= 0.6 is 11.8 Å². The fourth-order valence-electron chi connectivity index (χ4n) is 1.68. The van der Waals surface area contributed by atoms with E-state index in [1.807, 2.05) is 0 Å². The Labute approximate surface area is 128 Å². The molecule has 0 aliphatic carbocycles. The highest BCUT2D eigenvalue weighted by molar-refractivity contribution is 8.15. The highest BCUT2D eigenvalue weighted by Crippen LogP contribution is 2.21. The predicted molar refractivity (Wildman–Crippen MR) is 74.9 cm³/mol. The van der Waals surface area contributed by atoms with Gasteiger partial charge >= 0.3 is 0 Å². The SMILES string of the molecule is O=C([O-])CC1S/C(=N/N=C/c2ccccc2C(=O)[O-])NC1=O. The average molecular weight is 319 g/mol. The zero-order chi connectivity index (χ0) is 16.1. The van der Waals surface area contributed by atoms with Crippen LogP contribution in [-0.4, -0.2) is 34.5 Å². The number of aromatic carboxylic acids is 1. The van der Waals surface area contributed by atoms with Crippen LogP contribution in [0.15, 0.2) is 34.5 Å². The van der Waals surface area contributed by atoms with Crippen molar-refractivity contribution in [3.05, 3.63) is 35.4 Å². The van der Waals surface area contributed by atoms with E-state index >= 15 is 0 Å². The quantitative estimate of drug-likeness (QED) is 0.498. The Bertz CT molecular complexity index is 686. The van der Waals surface area contributed by atoms with Crippen molar-refractivity contribution in [2.45, 2.75) is 11.7 Å². The molecule has 0 aromatic heterocycles. The monoisotopic (exact) mass is 319 g/mol. The molecule has 1 aromatic carbocycles. The summed E-state index contributed by atoms with van der Waals surface area (Å²) >= 11 is 0.919. The van der Waals surface area contributed by atoms with E-state index in [1.54, 1.807) is 12.1 Å². The molecule has 0 radical (unpaired) electrons. The molecule has 1 N–H and O–H groups in total. The van der Waals surface area contributed by atoms with Gasteiger partial charge in [0, 0.05) is 23.5 Å². The van der Waals surface area contributed by atoms with Crippen LogP contribution in [0.25, 0.3) is 0 Å². The number of amides is 1. The summed E-state index contributed by atoms with van der Waals surface area (Å²) in [6, 6.07) is 6.06. The van der Waals surface area contributed by atoms with Crippen molar-refractivity contribution in [3.8, 4) is 0 Å². The summed E-state index contributed by atoms with van der Waals surface area (Å²) < 4.78 is 0. The summed E-state index contributed by atoms with van der Waals surface area (Å²) in [5, 5.41) is 30.5. The number of carbonyl (C=O) groups is 3. The molecule has 8 nitrogen and oxygen atoms in total. The van der Waals surface area contributed by atoms with Gasteiger partial charge in [0.2, 0.25) is 5.91 Å². The molecule has 0 spiro atoms. The third-order valence-corrected chi connectivity index (χ3v) is 3.73. The average Bonchev–Trinajstić information content (AvgIpc) is 2.78. The fraction of sp³-hybridized carbons (Fsp3) is 0.154. The number of amidine groups is 1. The van der Waals surface area contributed by atoms with E-state index in [2.05, 4.69) is 15.5 Å². The zero-order valence-corrected chi connectivity index (χ0v) is 11.8. The van der Waals surface area contributed by atoms with Gasteiger partial charge in [-0.05, 0) is 0 Å². The maximum absolute atomic E-state index is 11.5. The Kier molecular flexibility index (Phi) is 4.89. The van der Waals surface area contributed by atoms with Crippen LogP contribution < -0.4 is 15.5 Å². The smallest absolute Gasteiger partial charge is 0.239 e. The van der Waals surface area contributed by atoms with Crippen molar-refractivity contribution in [1.29, 1.82) is 0 Å². The molecule has 114 valence electrons. The lowest BCUT2D eigenvalue weighted by molar-refractivity contribution is -0.305. The van der Waals surface area contributed by atoms with Crippen molar-refractivity contribution >= 4 is 41.0 Å². The van der Waals surface area contributed by atoms with Crippen molar-refractivity contribution in [2.24, 2.45) is 10.2 Å². The molecule has 2 rings (SSSR count).